The van der Waals surface area contributed by atoms with Crippen LogP contribution in [0.25, 0.3) is 0 Å². The topological polar surface area (TPSA) is 58.6 Å². The largest absolute Gasteiger partial charge is 0.496 e. The molecule has 0 radical (unpaired) electrons. The van der Waals surface area contributed by atoms with E-state index in [0.717, 1.165) is 10.0 Å². The van der Waals surface area contributed by atoms with Gasteiger partial charge >= 0.3 is 0 Å². The molecule has 1 aliphatic heterocycles. The van der Waals surface area contributed by atoms with Crippen molar-refractivity contribution in [3.05, 3.63) is 28.2 Å². The molecule has 1 aliphatic rings. The number of benzene rings is 1. The van der Waals surface area contributed by atoms with Gasteiger partial charge in [0, 0.05) is 10.0 Å². The van der Waals surface area contributed by atoms with Gasteiger partial charge in [-0.05, 0) is 25.1 Å². The molecular formula is C13H15BrN2O3. The number of amides is 2. The summed E-state index contributed by atoms with van der Waals surface area (Å²) in [4.78, 5) is 25.1. The number of nitrogens with zero attached hydrogens (tertiary/aromatic N) is 1. The third-order valence-corrected chi connectivity index (χ3v) is 3.56. The molecule has 0 aliphatic carbocycles. The minimum Gasteiger partial charge on any atom is -0.496 e. The summed E-state index contributed by atoms with van der Waals surface area (Å²) in [5.74, 6) is 0.235. The number of ether oxygens (including phenoxy) is 1. The van der Waals surface area contributed by atoms with Crippen molar-refractivity contribution in [1.29, 1.82) is 0 Å². The summed E-state index contributed by atoms with van der Waals surface area (Å²) in [6, 6.07) is 5.18. The van der Waals surface area contributed by atoms with Crippen LogP contribution in [0, 0.1) is 0 Å². The van der Waals surface area contributed by atoms with Gasteiger partial charge in [0.2, 0.25) is 11.8 Å². The number of methoxy groups -OCH3 is 1. The van der Waals surface area contributed by atoms with Crippen LogP contribution in [-0.4, -0.2) is 36.4 Å². The van der Waals surface area contributed by atoms with Crippen LogP contribution in [0.3, 0.4) is 0 Å². The molecule has 19 heavy (non-hydrogen) atoms. The Bertz CT molecular complexity index is 519. The van der Waals surface area contributed by atoms with Crippen LogP contribution in [0.5, 0.6) is 5.75 Å². The molecule has 1 unspecified atom stereocenters. The average Bonchev–Trinajstić information content (AvgIpc) is 2.39. The van der Waals surface area contributed by atoms with Gasteiger partial charge in [-0.2, -0.15) is 0 Å². The molecule has 102 valence electrons. The van der Waals surface area contributed by atoms with Crippen molar-refractivity contribution in [2.75, 3.05) is 13.7 Å². The highest BCUT2D eigenvalue weighted by Gasteiger charge is 2.31. The lowest BCUT2D eigenvalue weighted by Gasteiger charge is -2.30. The highest BCUT2D eigenvalue weighted by molar-refractivity contribution is 9.10. The van der Waals surface area contributed by atoms with Gasteiger partial charge in [-0.25, -0.2) is 0 Å². The fourth-order valence-corrected chi connectivity index (χ4v) is 2.40. The van der Waals surface area contributed by atoms with Gasteiger partial charge in [0.05, 0.1) is 26.2 Å². The third-order valence-electron chi connectivity index (χ3n) is 3.07. The van der Waals surface area contributed by atoms with Gasteiger partial charge in [-0.15, -0.1) is 0 Å². The summed E-state index contributed by atoms with van der Waals surface area (Å²) in [6.45, 7) is 2.16. The Kier molecular flexibility index (Phi) is 4.21. The van der Waals surface area contributed by atoms with E-state index in [4.69, 9.17) is 4.74 Å². The first-order valence-corrected chi connectivity index (χ1v) is 6.72. The summed E-state index contributed by atoms with van der Waals surface area (Å²) in [5.41, 5.74) is 0.799. The molecule has 5 nitrogen and oxygen atoms in total. The third kappa shape index (κ3) is 2.96. The van der Waals surface area contributed by atoms with Crippen molar-refractivity contribution in [3.63, 3.8) is 0 Å². The molecule has 1 aromatic carbocycles. The molecule has 1 heterocycles. The lowest BCUT2D eigenvalue weighted by Crippen LogP contribution is -2.56. The summed E-state index contributed by atoms with van der Waals surface area (Å²) >= 11 is 3.38. The molecule has 0 bridgehead atoms. The molecule has 6 heteroatoms. The maximum absolute atomic E-state index is 12.0. The second kappa shape index (κ2) is 5.71. The van der Waals surface area contributed by atoms with Crippen molar-refractivity contribution in [2.45, 2.75) is 19.5 Å². The van der Waals surface area contributed by atoms with Crippen LogP contribution in [-0.2, 0) is 16.1 Å². The summed E-state index contributed by atoms with van der Waals surface area (Å²) in [6.07, 6.45) is 0. The van der Waals surface area contributed by atoms with E-state index in [1.165, 1.54) is 4.90 Å². The number of hydrogen-bond donors (Lipinski definition) is 1. The van der Waals surface area contributed by atoms with E-state index in [9.17, 15) is 9.59 Å². The Morgan fingerprint density at radius 1 is 1.47 bits per heavy atom. The second-order valence-electron chi connectivity index (χ2n) is 4.38. The normalized spacial score (nSPS) is 19.7. The Hall–Kier alpha value is -1.40. The summed E-state index contributed by atoms with van der Waals surface area (Å²) < 4.78 is 6.13. The Morgan fingerprint density at radius 2 is 2.21 bits per heavy atom. The molecule has 2 rings (SSSR count). The number of imide groups is 1. The zero-order chi connectivity index (χ0) is 14.0. The summed E-state index contributed by atoms with van der Waals surface area (Å²) in [5, 5.41) is 2.86. The first kappa shape index (κ1) is 14.0. The number of rotatable bonds is 3. The van der Waals surface area contributed by atoms with Crippen LogP contribution in [0.1, 0.15) is 12.5 Å². The fourth-order valence-electron chi connectivity index (χ4n) is 1.99. The first-order valence-electron chi connectivity index (χ1n) is 5.93. The molecule has 0 spiro atoms. The van der Waals surface area contributed by atoms with E-state index in [1.807, 2.05) is 12.1 Å². The minimum absolute atomic E-state index is 0.184. The number of piperazine rings is 1. The predicted octanol–water partition coefficient (Wildman–Crippen LogP) is 1.30. The quantitative estimate of drug-likeness (QED) is 0.851. The van der Waals surface area contributed by atoms with Gasteiger partial charge in [0.1, 0.15) is 5.75 Å². The number of carbonyl (C=O) groups excluding carboxylic acids is 2. The zero-order valence-electron chi connectivity index (χ0n) is 10.8. The SMILES string of the molecule is COc1ccc(Br)cc1CN1C(=O)CNC(C)C1=O. The van der Waals surface area contributed by atoms with Gasteiger partial charge in [-0.3, -0.25) is 19.8 Å². The minimum atomic E-state index is -0.337. The van der Waals surface area contributed by atoms with Crippen LogP contribution < -0.4 is 10.1 Å². The van der Waals surface area contributed by atoms with E-state index in [1.54, 1.807) is 20.1 Å². The molecule has 2 amide bonds. The molecule has 1 saturated heterocycles. The fraction of sp³-hybridized carbons (Fsp3) is 0.385. The molecule has 0 aromatic heterocycles. The van der Waals surface area contributed by atoms with Crippen LogP contribution >= 0.6 is 15.9 Å². The van der Waals surface area contributed by atoms with E-state index >= 15 is 0 Å². The van der Waals surface area contributed by atoms with Crippen molar-refractivity contribution >= 4 is 27.7 Å². The smallest absolute Gasteiger partial charge is 0.246 e. The van der Waals surface area contributed by atoms with Gasteiger partial charge in [0.25, 0.3) is 0 Å². The average molecular weight is 327 g/mol. The molecule has 1 fully saturated rings. The number of carbonyl (C=O) groups is 2. The predicted molar refractivity (Wildman–Crippen MR) is 73.7 cm³/mol. The Labute approximate surface area is 120 Å². The molecule has 1 N–H and O–H groups in total. The number of halogens is 1. The van der Waals surface area contributed by atoms with Crippen molar-refractivity contribution in [1.82, 2.24) is 10.2 Å². The van der Waals surface area contributed by atoms with Gasteiger partial charge in [0.15, 0.2) is 0 Å². The second-order valence-corrected chi connectivity index (χ2v) is 5.29. The van der Waals surface area contributed by atoms with Crippen LogP contribution in [0.4, 0.5) is 0 Å². The van der Waals surface area contributed by atoms with E-state index < -0.39 is 0 Å². The van der Waals surface area contributed by atoms with Gasteiger partial charge in [-0.1, -0.05) is 15.9 Å². The molecule has 0 saturated carbocycles. The number of nitrogens with one attached hydrogen (secondary N) is 1. The molecule has 1 atom stereocenters. The van der Waals surface area contributed by atoms with Crippen molar-refractivity contribution in [3.8, 4) is 5.75 Å². The molecule has 1 aromatic rings. The highest BCUT2D eigenvalue weighted by Crippen LogP contribution is 2.25. The van der Waals surface area contributed by atoms with Crippen LogP contribution in [0.15, 0.2) is 22.7 Å². The lowest BCUT2D eigenvalue weighted by molar-refractivity contribution is -0.149. The highest BCUT2D eigenvalue weighted by atomic mass is 79.9. The van der Waals surface area contributed by atoms with E-state index in [0.29, 0.717) is 5.75 Å². The Morgan fingerprint density at radius 3 is 2.89 bits per heavy atom. The Balaban J connectivity index is 2.26. The van der Waals surface area contributed by atoms with E-state index in [-0.39, 0.29) is 30.9 Å². The monoisotopic (exact) mass is 326 g/mol. The van der Waals surface area contributed by atoms with Crippen molar-refractivity contribution < 1.29 is 14.3 Å². The van der Waals surface area contributed by atoms with Crippen molar-refractivity contribution in [2.24, 2.45) is 0 Å². The maximum atomic E-state index is 12.0. The molecular weight excluding hydrogens is 312 g/mol. The first-order chi connectivity index (χ1) is 9.02. The lowest BCUT2D eigenvalue weighted by atomic mass is 10.1. The van der Waals surface area contributed by atoms with E-state index in [2.05, 4.69) is 21.2 Å². The van der Waals surface area contributed by atoms with Gasteiger partial charge < -0.3 is 4.74 Å². The maximum Gasteiger partial charge on any atom is 0.246 e. The standard InChI is InChI=1S/C13H15BrN2O3/c1-8-13(18)16(12(17)6-15-8)7-9-5-10(14)3-4-11(9)19-2/h3-5,8,15H,6-7H2,1-2H3. The summed E-state index contributed by atoms with van der Waals surface area (Å²) in [7, 11) is 1.57. The zero-order valence-corrected chi connectivity index (χ0v) is 12.4. The number of hydrogen-bond acceptors (Lipinski definition) is 4. The van der Waals surface area contributed by atoms with Crippen LogP contribution in [0.2, 0.25) is 0 Å².